The Morgan fingerprint density at radius 1 is 1.31 bits per heavy atom. The number of fused-ring (bicyclic) bond motifs is 2. The Labute approximate surface area is 81.5 Å². The van der Waals surface area contributed by atoms with Gasteiger partial charge in [-0.3, -0.25) is 0 Å². The average Bonchev–Trinajstić information content (AvgIpc) is 2.76. The maximum atomic E-state index is 10.1. The molecule has 2 aliphatic carbocycles. The summed E-state index contributed by atoms with van der Waals surface area (Å²) >= 11 is 0. The van der Waals surface area contributed by atoms with Crippen molar-refractivity contribution in [3.8, 4) is 0 Å². The fraction of sp³-hybridized carbons (Fsp3) is 1.00. The third kappa shape index (κ3) is 1.63. The zero-order chi connectivity index (χ0) is 9.42. The van der Waals surface area contributed by atoms with Gasteiger partial charge in [0.15, 0.2) is 0 Å². The van der Waals surface area contributed by atoms with Gasteiger partial charge in [0.1, 0.15) is 0 Å². The Morgan fingerprint density at radius 3 is 2.54 bits per heavy atom. The normalized spacial score (nSPS) is 42.2. The smallest absolute Gasteiger partial charge is 0.0596 e. The van der Waals surface area contributed by atoms with E-state index in [-0.39, 0.29) is 6.10 Å². The first-order chi connectivity index (χ1) is 6.22. The van der Waals surface area contributed by atoms with Crippen LogP contribution in [-0.2, 0) is 0 Å². The van der Waals surface area contributed by atoms with Crippen molar-refractivity contribution in [2.24, 2.45) is 23.7 Å². The van der Waals surface area contributed by atoms with Crippen LogP contribution in [0.25, 0.3) is 0 Å². The van der Waals surface area contributed by atoms with Crippen molar-refractivity contribution in [3.63, 3.8) is 0 Å². The van der Waals surface area contributed by atoms with Crippen LogP contribution in [0.1, 0.15) is 46.0 Å². The van der Waals surface area contributed by atoms with Crippen LogP contribution in [0.3, 0.4) is 0 Å². The molecule has 1 N–H and O–H groups in total. The highest BCUT2D eigenvalue weighted by Gasteiger charge is 2.43. The predicted octanol–water partition coefficient (Wildman–Crippen LogP) is 2.83. The fourth-order valence-corrected chi connectivity index (χ4v) is 3.38. The van der Waals surface area contributed by atoms with Gasteiger partial charge in [-0.25, -0.2) is 0 Å². The molecule has 2 saturated carbocycles. The van der Waals surface area contributed by atoms with Gasteiger partial charge < -0.3 is 5.11 Å². The monoisotopic (exact) mass is 182 g/mol. The molecule has 0 saturated heterocycles. The second-order valence-electron chi connectivity index (χ2n) is 5.21. The van der Waals surface area contributed by atoms with E-state index in [4.69, 9.17) is 0 Å². The van der Waals surface area contributed by atoms with E-state index in [2.05, 4.69) is 13.8 Å². The molecule has 2 fully saturated rings. The lowest BCUT2D eigenvalue weighted by molar-refractivity contribution is 0.0301. The van der Waals surface area contributed by atoms with Gasteiger partial charge in [0.25, 0.3) is 0 Å². The molecule has 0 spiro atoms. The molecule has 2 aliphatic rings. The minimum Gasteiger partial charge on any atom is -0.393 e. The second-order valence-corrected chi connectivity index (χ2v) is 5.21. The molecule has 2 rings (SSSR count). The van der Waals surface area contributed by atoms with Gasteiger partial charge in [-0.1, -0.05) is 26.7 Å². The van der Waals surface area contributed by atoms with Crippen LogP contribution < -0.4 is 0 Å². The molecule has 5 atom stereocenters. The van der Waals surface area contributed by atoms with Gasteiger partial charge in [-0.2, -0.15) is 0 Å². The van der Waals surface area contributed by atoms with Gasteiger partial charge >= 0.3 is 0 Å². The Balaban J connectivity index is 1.94. The van der Waals surface area contributed by atoms with Crippen molar-refractivity contribution < 1.29 is 5.11 Å². The highest BCUT2D eigenvalue weighted by molar-refractivity contribution is 4.93. The summed E-state index contributed by atoms with van der Waals surface area (Å²) < 4.78 is 0. The van der Waals surface area contributed by atoms with E-state index < -0.39 is 0 Å². The lowest BCUT2D eigenvalue weighted by atomic mass is 9.79. The zero-order valence-corrected chi connectivity index (χ0v) is 8.87. The van der Waals surface area contributed by atoms with E-state index >= 15 is 0 Å². The quantitative estimate of drug-likeness (QED) is 0.711. The van der Waals surface area contributed by atoms with Crippen LogP contribution in [0, 0.1) is 23.7 Å². The zero-order valence-electron chi connectivity index (χ0n) is 8.87. The minimum absolute atomic E-state index is 0.0136. The molecule has 0 heterocycles. The van der Waals surface area contributed by atoms with Crippen LogP contribution in [0.4, 0.5) is 0 Å². The van der Waals surface area contributed by atoms with E-state index in [0.717, 1.165) is 18.3 Å². The van der Waals surface area contributed by atoms with Crippen molar-refractivity contribution in [2.45, 2.75) is 52.1 Å². The first-order valence-electron chi connectivity index (χ1n) is 5.90. The van der Waals surface area contributed by atoms with Crippen LogP contribution in [0.15, 0.2) is 0 Å². The molecule has 0 aromatic heterocycles. The second kappa shape index (κ2) is 3.61. The molecule has 0 aliphatic heterocycles. The molecule has 1 heteroatoms. The number of aliphatic hydroxyl groups is 1. The SMILES string of the molecule is CCC(C)C(O)C1CC2CCC1C2. The van der Waals surface area contributed by atoms with Crippen LogP contribution in [-0.4, -0.2) is 11.2 Å². The minimum atomic E-state index is -0.0136. The van der Waals surface area contributed by atoms with Crippen molar-refractivity contribution in [1.29, 1.82) is 0 Å². The van der Waals surface area contributed by atoms with Crippen molar-refractivity contribution in [2.75, 3.05) is 0 Å². The molecule has 13 heavy (non-hydrogen) atoms. The Bertz CT molecular complexity index is 178. The van der Waals surface area contributed by atoms with E-state index in [1.165, 1.54) is 25.7 Å². The Hall–Kier alpha value is -0.0400. The van der Waals surface area contributed by atoms with Crippen LogP contribution in [0.5, 0.6) is 0 Å². The molecule has 2 bridgehead atoms. The fourth-order valence-electron chi connectivity index (χ4n) is 3.38. The topological polar surface area (TPSA) is 20.2 Å². The first-order valence-corrected chi connectivity index (χ1v) is 5.90. The van der Waals surface area contributed by atoms with Gasteiger partial charge in [0.05, 0.1) is 6.10 Å². The third-order valence-electron chi connectivity index (χ3n) is 4.46. The summed E-state index contributed by atoms with van der Waals surface area (Å²) in [6.45, 7) is 4.37. The van der Waals surface area contributed by atoms with Gasteiger partial charge in [0, 0.05) is 0 Å². The molecule has 1 nitrogen and oxygen atoms in total. The standard InChI is InChI=1S/C12H22O/c1-3-8(2)12(13)11-7-9-4-5-10(11)6-9/h8-13H,3-7H2,1-2H3. The van der Waals surface area contributed by atoms with Gasteiger partial charge in [-0.15, -0.1) is 0 Å². The Morgan fingerprint density at radius 2 is 2.08 bits per heavy atom. The Kier molecular flexibility index (Phi) is 2.64. The summed E-state index contributed by atoms with van der Waals surface area (Å²) in [6, 6.07) is 0. The summed E-state index contributed by atoms with van der Waals surface area (Å²) in [5.74, 6) is 2.99. The highest BCUT2D eigenvalue weighted by Crippen LogP contribution is 2.50. The van der Waals surface area contributed by atoms with Gasteiger partial charge in [-0.05, 0) is 42.9 Å². The van der Waals surface area contributed by atoms with E-state index in [1.54, 1.807) is 0 Å². The highest BCUT2D eigenvalue weighted by atomic mass is 16.3. The molecular weight excluding hydrogens is 160 g/mol. The molecule has 76 valence electrons. The molecular formula is C12H22O. The maximum Gasteiger partial charge on any atom is 0.0596 e. The lowest BCUT2D eigenvalue weighted by Crippen LogP contribution is -2.30. The summed E-state index contributed by atoms with van der Waals surface area (Å²) in [7, 11) is 0. The lowest BCUT2D eigenvalue weighted by Gasteiger charge is -2.30. The molecule has 5 unspecified atom stereocenters. The molecule has 0 aromatic rings. The number of rotatable bonds is 3. The van der Waals surface area contributed by atoms with Crippen LogP contribution >= 0.6 is 0 Å². The molecule has 0 aromatic carbocycles. The van der Waals surface area contributed by atoms with Crippen molar-refractivity contribution >= 4 is 0 Å². The van der Waals surface area contributed by atoms with E-state index in [0.29, 0.717) is 11.8 Å². The predicted molar refractivity (Wildman–Crippen MR) is 54.4 cm³/mol. The van der Waals surface area contributed by atoms with E-state index in [9.17, 15) is 5.11 Å². The van der Waals surface area contributed by atoms with E-state index in [1.807, 2.05) is 0 Å². The number of aliphatic hydroxyl groups excluding tert-OH is 1. The van der Waals surface area contributed by atoms with Gasteiger partial charge in [0.2, 0.25) is 0 Å². The summed E-state index contributed by atoms with van der Waals surface area (Å²) in [5.41, 5.74) is 0. The number of hydrogen-bond acceptors (Lipinski definition) is 1. The first kappa shape index (κ1) is 9.51. The largest absolute Gasteiger partial charge is 0.393 e. The van der Waals surface area contributed by atoms with Crippen molar-refractivity contribution in [1.82, 2.24) is 0 Å². The van der Waals surface area contributed by atoms with Crippen LogP contribution in [0.2, 0.25) is 0 Å². The third-order valence-corrected chi connectivity index (χ3v) is 4.46. The molecule has 0 amide bonds. The summed E-state index contributed by atoms with van der Waals surface area (Å²) in [4.78, 5) is 0. The summed E-state index contributed by atoms with van der Waals surface area (Å²) in [5, 5.41) is 10.1. The molecule has 0 radical (unpaired) electrons. The average molecular weight is 182 g/mol. The van der Waals surface area contributed by atoms with Crippen molar-refractivity contribution in [3.05, 3.63) is 0 Å². The number of hydrogen-bond donors (Lipinski definition) is 1. The summed E-state index contributed by atoms with van der Waals surface area (Å²) in [6.07, 6.45) is 6.67. The maximum absolute atomic E-state index is 10.1.